The van der Waals surface area contributed by atoms with E-state index in [1.807, 2.05) is 18.2 Å². The third kappa shape index (κ3) is 4.01. The summed E-state index contributed by atoms with van der Waals surface area (Å²) < 4.78 is 0. The molecule has 2 N–H and O–H groups in total. The maximum Gasteiger partial charge on any atom is 0.0439 e. The van der Waals surface area contributed by atoms with Crippen LogP contribution >= 0.6 is 23.2 Å². The Morgan fingerprint density at radius 2 is 2.00 bits per heavy atom. The Labute approximate surface area is 119 Å². The molecule has 0 saturated carbocycles. The summed E-state index contributed by atoms with van der Waals surface area (Å²) in [5, 5.41) is 1.48. The zero-order valence-corrected chi connectivity index (χ0v) is 12.0. The number of benzene rings is 1. The average Bonchev–Trinajstić information content (AvgIpc) is 2.35. The molecule has 1 atom stereocenters. The third-order valence-corrected chi connectivity index (χ3v) is 4.00. The van der Waals surface area contributed by atoms with Crippen molar-refractivity contribution in [2.75, 3.05) is 0 Å². The lowest BCUT2D eigenvalue weighted by atomic mass is 9.92. The third-order valence-electron chi connectivity index (χ3n) is 3.40. The molecule has 0 aliphatic heterocycles. The highest BCUT2D eigenvalue weighted by Crippen LogP contribution is 2.25. The Kier molecular flexibility index (Phi) is 5.11. The molecule has 1 aliphatic carbocycles. The van der Waals surface area contributed by atoms with Crippen LogP contribution in [0.3, 0.4) is 0 Å². The number of halogens is 2. The van der Waals surface area contributed by atoms with Gasteiger partial charge in [-0.3, -0.25) is 0 Å². The quantitative estimate of drug-likeness (QED) is 0.793. The molecule has 3 heteroatoms. The summed E-state index contributed by atoms with van der Waals surface area (Å²) >= 11 is 12.1. The van der Waals surface area contributed by atoms with E-state index in [0.717, 1.165) is 28.5 Å². The Balaban J connectivity index is 1.96. The van der Waals surface area contributed by atoms with Crippen molar-refractivity contribution in [1.82, 2.24) is 0 Å². The first kappa shape index (κ1) is 13.9. The van der Waals surface area contributed by atoms with Crippen molar-refractivity contribution in [2.24, 2.45) is 5.73 Å². The molecule has 1 aliphatic rings. The number of allylic oxidation sites excluding steroid dienone is 1. The van der Waals surface area contributed by atoms with Gasteiger partial charge in [-0.1, -0.05) is 34.9 Å². The summed E-state index contributed by atoms with van der Waals surface area (Å²) in [6.07, 6.45) is 9.15. The molecule has 0 amide bonds. The molecule has 2 rings (SSSR count). The molecule has 0 spiro atoms. The first-order valence-electron chi connectivity index (χ1n) is 6.52. The highest BCUT2D eigenvalue weighted by atomic mass is 35.5. The normalized spacial score (nSPS) is 17.4. The van der Waals surface area contributed by atoms with Gasteiger partial charge in [0.2, 0.25) is 0 Å². The van der Waals surface area contributed by atoms with Crippen LogP contribution in [0.1, 0.15) is 37.7 Å². The van der Waals surface area contributed by atoms with Crippen LogP contribution in [0.25, 0.3) is 0 Å². The van der Waals surface area contributed by atoms with Gasteiger partial charge in [-0.15, -0.1) is 0 Å². The van der Waals surface area contributed by atoms with Crippen LogP contribution in [-0.2, 0) is 6.42 Å². The van der Waals surface area contributed by atoms with Gasteiger partial charge in [-0.05, 0) is 62.3 Å². The predicted octanol–water partition coefficient (Wildman–Crippen LogP) is 4.75. The molecule has 0 saturated heterocycles. The monoisotopic (exact) mass is 283 g/mol. The summed E-state index contributed by atoms with van der Waals surface area (Å²) in [4.78, 5) is 0. The molecule has 0 heterocycles. The van der Waals surface area contributed by atoms with Crippen molar-refractivity contribution >= 4 is 23.2 Å². The van der Waals surface area contributed by atoms with E-state index in [-0.39, 0.29) is 6.04 Å². The second-order valence-corrected chi connectivity index (χ2v) is 5.86. The van der Waals surface area contributed by atoms with E-state index in [2.05, 4.69) is 6.08 Å². The van der Waals surface area contributed by atoms with Crippen molar-refractivity contribution in [3.05, 3.63) is 45.5 Å². The van der Waals surface area contributed by atoms with Crippen molar-refractivity contribution < 1.29 is 0 Å². The van der Waals surface area contributed by atoms with E-state index in [4.69, 9.17) is 28.9 Å². The molecule has 0 radical (unpaired) electrons. The minimum absolute atomic E-state index is 0.130. The minimum Gasteiger partial charge on any atom is -0.327 e. The summed E-state index contributed by atoms with van der Waals surface area (Å²) in [7, 11) is 0. The first-order chi connectivity index (χ1) is 8.65. The fourth-order valence-electron chi connectivity index (χ4n) is 2.48. The van der Waals surface area contributed by atoms with Gasteiger partial charge >= 0.3 is 0 Å². The van der Waals surface area contributed by atoms with Gasteiger partial charge in [0.1, 0.15) is 0 Å². The second-order valence-electron chi connectivity index (χ2n) is 5.01. The van der Waals surface area contributed by atoms with Gasteiger partial charge in [-0.25, -0.2) is 0 Å². The van der Waals surface area contributed by atoms with Crippen LogP contribution in [0.4, 0.5) is 0 Å². The van der Waals surface area contributed by atoms with Gasteiger partial charge in [0.15, 0.2) is 0 Å². The van der Waals surface area contributed by atoms with E-state index in [1.165, 1.54) is 31.3 Å². The zero-order valence-electron chi connectivity index (χ0n) is 10.5. The van der Waals surface area contributed by atoms with Gasteiger partial charge in [0.25, 0.3) is 0 Å². The van der Waals surface area contributed by atoms with Crippen LogP contribution in [-0.4, -0.2) is 6.04 Å². The number of rotatable bonds is 4. The molecule has 1 aromatic rings. The second kappa shape index (κ2) is 6.60. The van der Waals surface area contributed by atoms with E-state index in [0.29, 0.717) is 0 Å². The van der Waals surface area contributed by atoms with E-state index in [1.54, 1.807) is 0 Å². The maximum absolute atomic E-state index is 6.21. The number of hydrogen-bond acceptors (Lipinski definition) is 1. The Bertz CT molecular complexity index is 440. The molecular weight excluding hydrogens is 265 g/mol. The Hall–Kier alpha value is -0.500. The highest BCUT2D eigenvalue weighted by Gasteiger charge is 2.11. The highest BCUT2D eigenvalue weighted by molar-refractivity contribution is 6.33. The molecule has 0 aromatic heterocycles. The van der Waals surface area contributed by atoms with Gasteiger partial charge < -0.3 is 5.73 Å². The van der Waals surface area contributed by atoms with Crippen molar-refractivity contribution in [3.8, 4) is 0 Å². The zero-order chi connectivity index (χ0) is 13.0. The standard InChI is InChI=1S/C15H19Cl2N/c16-13-6-7-15(17)12(9-13)10-14(18)8-11-4-2-1-3-5-11/h4,6-7,9,14H,1-3,5,8,10,18H2. The van der Waals surface area contributed by atoms with Crippen LogP contribution in [0.2, 0.25) is 10.0 Å². The minimum atomic E-state index is 0.130. The van der Waals surface area contributed by atoms with Crippen LogP contribution in [0.15, 0.2) is 29.8 Å². The molecular formula is C15H19Cl2N. The summed E-state index contributed by atoms with van der Waals surface area (Å²) in [5.74, 6) is 0. The molecule has 18 heavy (non-hydrogen) atoms. The van der Waals surface area contributed by atoms with Crippen LogP contribution in [0.5, 0.6) is 0 Å². The molecule has 0 fully saturated rings. The van der Waals surface area contributed by atoms with E-state index in [9.17, 15) is 0 Å². The molecule has 1 unspecified atom stereocenters. The van der Waals surface area contributed by atoms with Crippen molar-refractivity contribution in [3.63, 3.8) is 0 Å². The van der Waals surface area contributed by atoms with Crippen LogP contribution in [0, 0.1) is 0 Å². The molecule has 98 valence electrons. The van der Waals surface area contributed by atoms with Crippen molar-refractivity contribution in [1.29, 1.82) is 0 Å². The van der Waals surface area contributed by atoms with Crippen LogP contribution < -0.4 is 5.73 Å². The smallest absolute Gasteiger partial charge is 0.0439 e. The first-order valence-corrected chi connectivity index (χ1v) is 7.28. The summed E-state index contributed by atoms with van der Waals surface area (Å²) in [6, 6.07) is 5.69. The molecule has 1 aromatic carbocycles. The number of hydrogen-bond donors (Lipinski definition) is 1. The largest absolute Gasteiger partial charge is 0.327 e. The predicted molar refractivity (Wildman–Crippen MR) is 79.3 cm³/mol. The van der Waals surface area contributed by atoms with E-state index < -0.39 is 0 Å². The number of nitrogens with two attached hydrogens (primary N) is 1. The molecule has 1 nitrogen and oxygen atoms in total. The van der Waals surface area contributed by atoms with Gasteiger partial charge in [0.05, 0.1) is 0 Å². The fraction of sp³-hybridized carbons (Fsp3) is 0.467. The maximum atomic E-state index is 6.21. The Morgan fingerprint density at radius 1 is 1.17 bits per heavy atom. The van der Waals surface area contributed by atoms with Gasteiger partial charge in [-0.2, -0.15) is 0 Å². The SMILES string of the molecule is NC(CC1=CCCCC1)Cc1cc(Cl)ccc1Cl. The van der Waals surface area contributed by atoms with Gasteiger partial charge in [0, 0.05) is 16.1 Å². The van der Waals surface area contributed by atoms with E-state index >= 15 is 0 Å². The molecule has 0 bridgehead atoms. The summed E-state index contributed by atoms with van der Waals surface area (Å²) in [6.45, 7) is 0. The lowest BCUT2D eigenvalue weighted by Crippen LogP contribution is -2.24. The lowest BCUT2D eigenvalue weighted by molar-refractivity contribution is 0.606. The van der Waals surface area contributed by atoms with Crippen molar-refractivity contribution in [2.45, 2.75) is 44.6 Å². The average molecular weight is 284 g/mol. The fourth-order valence-corrected chi connectivity index (χ4v) is 2.87. The lowest BCUT2D eigenvalue weighted by Gasteiger charge is -2.18. The summed E-state index contributed by atoms with van der Waals surface area (Å²) in [5.41, 5.74) is 8.77. The Morgan fingerprint density at radius 3 is 2.72 bits per heavy atom. The topological polar surface area (TPSA) is 26.0 Å².